The second-order valence-corrected chi connectivity index (χ2v) is 3.02. The van der Waals surface area contributed by atoms with Gasteiger partial charge in [0.05, 0.1) is 6.20 Å². The minimum atomic E-state index is 0.400. The van der Waals surface area contributed by atoms with Gasteiger partial charge in [-0.2, -0.15) is 0 Å². The van der Waals surface area contributed by atoms with Gasteiger partial charge in [-0.15, -0.1) is 5.10 Å². The topological polar surface area (TPSA) is 57.0 Å². The number of aromatic nitrogens is 3. The number of carbonyl (C=O) groups excluding carboxylic acids is 1. The van der Waals surface area contributed by atoms with Gasteiger partial charge in [0.2, 0.25) is 0 Å². The van der Waals surface area contributed by atoms with Crippen molar-refractivity contribution in [2.24, 2.45) is 7.05 Å². The van der Waals surface area contributed by atoms with Crippen LogP contribution in [0.15, 0.2) is 30.5 Å². The zero-order valence-corrected chi connectivity index (χ0v) is 8.12. The van der Waals surface area contributed by atoms with Crippen molar-refractivity contribution in [3.05, 3.63) is 30.5 Å². The Balaban J connectivity index is 2.27. The highest BCUT2D eigenvalue weighted by Gasteiger charge is 2.02. The van der Waals surface area contributed by atoms with Crippen LogP contribution in [0.5, 0.6) is 5.75 Å². The first kappa shape index (κ1) is 9.39. The van der Waals surface area contributed by atoms with E-state index >= 15 is 0 Å². The molecule has 1 aromatic carbocycles. The molecule has 0 saturated heterocycles. The molecule has 0 radical (unpaired) electrons. The van der Waals surface area contributed by atoms with E-state index < -0.39 is 0 Å². The summed E-state index contributed by atoms with van der Waals surface area (Å²) in [4.78, 5) is 10.1. The van der Waals surface area contributed by atoms with Crippen molar-refractivity contribution in [2.75, 3.05) is 0 Å². The second kappa shape index (κ2) is 3.91. The largest absolute Gasteiger partial charge is 0.429 e. The maximum atomic E-state index is 10.1. The van der Waals surface area contributed by atoms with Gasteiger partial charge >= 0.3 is 0 Å². The molecule has 1 aromatic heterocycles. The molecule has 0 aliphatic rings. The van der Waals surface area contributed by atoms with Crippen LogP contribution >= 0.6 is 0 Å². The van der Waals surface area contributed by atoms with Crippen LogP contribution in [0.3, 0.4) is 0 Å². The summed E-state index contributed by atoms with van der Waals surface area (Å²) in [5.41, 5.74) is 1.72. The van der Waals surface area contributed by atoms with Crippen LogP contribution in [-0.4, -0.2) is 21.5 Å². The Morgan fingerprint density at radius 1 is 1.33 bits per heavy atom. The number of hydrogen-bond donors (Lipinski definition) is 0. The van der Waals surface area contributed by atoms with E-state index in [0.717, 1.165) is 11.3 Å². The van der Waals surface area contributed by atoms with E-state index in [1.54, 1.807) is 23.9 Å². The predicted molar refractivity (Wildman–Crippen MR) is 53.1 cm³/mol. The minimum Gasteiger partial charge on any atom is -0.429 e. The van der Waals surface area contributed by atoms with E-state index in [1.165, 1.54) is 0 Å². The third-order valence-corrected chi connectivity index (χ3v) is 1.94. The quantitative estimate of drug-likeness (QED) is 0.699. The first-order valence-electron chi connectivity index (χ1n) is 4.36. The van der Waals surface area contributed by atoms with Crippen molar-refractivity contribution in [3.63, 3.8) is 0 Å². The predicted octanol–water partition coefficient (Wildman–Crippen LogP) is 1.02. The van der Waals surface area contributed by atoms with Crippen molar-refractivity contribution in [1.82, 2.24) is 15.0 Å². The Labute approximate surface area is 86.3 Å². The lowest BCUT2D eigenvalue weighted by Crippen LogP contribution is -1.87. The first-order valence-corrected chi connectivity index (χ1v) is 4.36. The van der Waals surface area contributed by atoms with E-state index in [0.29, 0.717) is 12.2 Å². The lowest BCUT2D eigenvalue weighted by Gasteiger charge is -1.98. The molecule has 0 aliphatic heterocycles. The SMILES string of the molecule is Cn1cc(-c2ccc(OC=O)cc2)nn1. The van der Waals surface area contributed by atoms with Crippen LogP contribution in [0, 0.1) is 0 Å². The highest BCUT2D eigenvalue weighted by Crippen LogP contribution is 2.19. The molecule has 76 valence electrons. The van der Waals surface area contributed by atoms with Crippen molar-refractivity contribution >= 4 is 6.47 Å². The molecule has 15 heavy (non-hydrogen) atoms. The fourth-order valence-corrected chi connectivity index (χ4v) is 1.24. The Bertz CT molecular complexity index is 462. The number of benzene rings is 1. The van der Waals surface area contributed by atoms with Gasteiger partial charge in [0.25, 0.3) is 6.47 Å². The van der Waals surface area contributed by atoms with Crippen molar-refractivity contribution in [3.8, 4) is 17.0 Å². The average Bonchev–Trinajstić information content (AvgIpc) is 2.67. The summed E-state index contributed by atoms with van der Waals surface area (Å²) in [6.45, 7) is 0.400. The summed E-state index contributed by atoms with van der Waals surface area (Å²) in [6, 6.07) is 7.06. The molecular formula is C10H9N3O2. The van der Waals surface area contributed by atoms with E-state index in [9.17, 15) is 4.79 Å². The fourth-order valence-electron chi connectivity index (χ4n) is 1.24. The summed E-state index contributed by atoms with van der Waals surface area (Å²) < 4.78 is 6.31. The average molecular weight is 203 g/mol. The number of hydrogen-bond acceptors (Lipinski definition) is 4. The number of rotatable bonds is 3. The van der Waals surface area contributed by atoms with Gasteiger partial charge in [-0.05, 0) is 24.3 Å². The molecule has 0 saturated carbocycles. The second-order valence-electron chi connectivity index (χ2n) is 3.02. The molecular weight excluding hydrogens is 194 g/mol. The molecule has 0 N–H and O–H groups in total. The maximum Gasteiger partial charge on any atom is 0.298 e. The van der Waals surface area contributed by atoms with Crippen LogP contribution in [0.4, 0.5) is 0 Å². The Morgan fingerprint density at radius 2 is 2.07 bits per heavy atom. The van der Waals surface area contributed by atoms with E-state index in [-0.39, 0.29) is 0 Å². The van der Waals surface area contributed by atoms with Crippen LogP contribution in [-0.2, 0) is 11.8 Å². The number of ether oxygens (including phenoxy) is 1. The molecule has 1 heterocycles. The van der Waals surface area contributed by atoms with E-state index in [4.69, 9.17) is 0 Å². The van der Waals surface area contributed by atoms with Crippen molar-refractivity contribution in [1.29, 1.82) is 0 Å². The highest BCUT2D eigenvalue weighted by molar-refractivity contribution is 5.59. The Hall–Kier alpha value is -2.17. The summed E-state index contributed by atoms with van der Waals surface area (Å²) in [5, 5.41) is 7.80. The number of carbonyl (C=O) groups is 1. The molecule has 0 fully saturated rings. The molecule has 0 aliphatic carbocycles. The van der Waals surface area contributed by atoms with Gasteiger partial charge in [0, 0.05) is 12.6 Å². The fraction of sp³-hybridized carbons (Fsp3) is 0.100. The third-order valence-electron chi connectivity index (χ3n) is 1.94. The van der Waals surface area contributed by atoms with Gasteiger partial charge in [0.15, 0.2) is 0 Å². The minimum absolute atomic E-state index is 0.400. The van der Waals surface area contributed by atoms with Gasteiger partial charge < -0.3 is 4.74 Å². The van der Waals surface area contributed by atoms with Crippen LogP contribution in [0.25, 0.3) is 11.3 Å². The Morgan fingerprint density at radius 3 is 2.60 bits per heavy atom. The highest BCUT2D eigenvalue weighted by atomic mass is 16.5. The molecule has 2 aromatic rings. The zero-order valence-electron chi connectivity index (χ0n) is 8.12. The standard InChI is InChI=1S/C10H9N3O2/c1-13-6-10(11-12-13)8-2-4-9(5-3-8)15-7-14/h2-7H,1H3. The third kappa shape index (κ3) is 2.01. The Kier molecular flexibility index (Phi) is 2.45. The summed E-state index contributed by atoms with van der Waals surface area (Å²) in [5.74, 6) is 0.512. The van der Waals surface area contributed by atoms with Gasteiger partial charge in [0.1, 0.15) is 11.4 Å². The summed E-state index contributed by atoms with van der Waals surface area (Å²) in [6.07, 6.45) is 1.82. The molecule has 0 atom stereocenters. The molecule has 0 spiro atoms. The van der Waals surface area contributed by atoms with Crippen molar-refractivity contribution in [2.45, 2.75) is 0 Å². The van der Waals surface area contributed by atoms with E-state index in [2.05, 4.69) is 15.0 Å². The lowest BCUT2D eigenvalue weighted by molar-refractivity contribution is -0.120. The molecule has 5 nitrogen and oxygen atoms in total. The summed E-state index contributed by atoms with van der Waals surface area (Å²) in [7, 11) is 1.81. The lowest BCUT2D eigenvalue weighted by atomic mass is 10.2. The van der Waals surface area contributed by atoms with Crippen LogP contribution < -0.4 is 4.74 Å². The number of nitrogens with zero attached hydrogens (tertiary/aromatic N) is 3. The van der Waals surface area contributed by atoms with Crippen LogP contribution in [0.1, 0.15) is 0 Å². The molecule has 2 rings (SSSR count). The molecule has 0 bridgehead atoms. The first-order chi connectivity index (χ1) is 7.29. The molecule has 0 amide bonds. The van der Waals surface area contributed by atoms with E-state index in [1.807, 2.05) is 18.3 Å². The monoisotopic (exact) mass is 203 g/mol. The van der Waals surface area contributed by atoms with Crippen molar-refractivity contribution < 1.29 is 9.53 Å². The maximum absolute atomic E-state index is 10.1. The summed E-state index contributed by atoms with van der Waals surface area (Å²) >= 11 is 0. The zero-order chi connectivity index (χ0) is 10.7. The molecule has 5 heteroatoms. The van der Waals surface area contributed by atoms with Gasteiger partial charge in [-0.25, -0.2) is 0 Å². The smallest absolute Gasteiger partial charge is 0.298 e. The van der Waals surface area contributed by atoms with Gasteiger partial charge in [-0.1, -0.05) is 5.21 Å². The number of aryl methyl sites for hydroxylation is 1. The van der Waals surface area contributed by atoms with Gasteiger partial charge in [-0.3, -0.25) is 9.48 Å². The van der Waals surface area contributed by atoms with Crippen LogP contribution in [0.2, 0.25) is 0 Å². The molecule has 0 unspecified atom stereocenters. The normalized spacial score (nSPS) is 9.93.